The van der Waals surface area contributed by atoms with Gasteiger partial charge in [-0.05, 0) is 39.2 Å². The average Bonchev–Trinajstić information content (AvgIpc) is 2.45. The van der Waals surface area contributed by atoms with Crippen molar-refractivity contribution in [3.8, 4) is 0 Å². The van der Waals surface area contributed by atoms with Crippen molar-refractivity contribution >= 4 is 5.97 Å². The number of benzene rings is 1. The molecular weight excluding hydrogens is 252 g/mol. The minimum Gasteiger partial charge on any atom is -0.461 e. The van der Waals surface area contributed by atoms with E-state index in [0.717, 1.165) is 25.1 Å². The van der Waals surface area contributed by atoms with Crippen molar-refractivity contribution in [3.05, 3.63) is 35.9 Å². The van der Waals surface area contributed by atoms with Gasteiger partial charge in [0, 0.05) is 6.54 Å². The van der Waals surface area contributed by atoms with Gasteiger partial charge in [0.2, 0.25) is 0 Å². The maximum Gasteiger partial charge on any atom is 0.310 e. The Kier molecular flexibility index (Phi) is 7.92. The number of carbonyl (C=O) groups excluding carboxylic acids is 1. The van der Waals surface area contributed by atoms with Crippen LogP contribution in [0.25, 0.3) is 0 Å². The van der Waals surface area contributed by atoms with E-state index in [1.807, 2.05) is 37.3 Å². The number of nitrogens with one attached hydrogen (secondary N) is 1. The highest BCUT2D eigenvalue weighted by molar-refractivity contribution is 5.72. The molecule has 1 unspecified atom stereocenters. The fourth-order valence-corrected chi connectivity index (χ4v) is 1.79. The molecule has 112 valence electrons. The standard InChI is InChI=1S/C16H26N2O2/c1-14(12-17-10-7-11-18(2)3)16(19)20-13-15-8-5-4-6-9-15/h4-6,8-9,14,17H,7,10-13H2,1-3H3. The van der Waals surface area contributed by atoms with E-state index in [0.29, 0.717) is 13.2 Å². The maximum absolute atomic E-state index is 11.8. The molecule has 0 spiro atoms. The fourth-order valence-electron chi connectivity index (χ4n) is 1.79. The van der Waals surface area contributed by atoms with Crippen LogP contribution in [0.1, 0.15) is 18.9 Å². The molecule has 0 fully saturated rings. The summed E-state index contributed by atoms with van der Waals surface area (Å²) in [5.74, 6) is -0.257. The first-order valence-electron chi connectivity index (χ1n) is 7.15. The predicted molar refractivity (Wildman–Crippen MR) is 81.4 cm³/mol. The van der Waals surface area contributed by atoms with E-state index in [4.69, 9.17) is 4.74 Å². The van der Waals surface area contributed by atoms with E-state index in [-0.39, 0.29) is 11.9 Å². The van der Waals surface area contributed by atoms with Crippen molar-refractivity contribution in [1.29, 1.82) is 0 Å². The summed E-state index contributed by atoms with van der Waals surface area (Å²) in [5.41, 5.74) is 1.02. The summed E-state index contributed by atoms with van der Waals surface area (Å²) in [4.78, 5) is 14.0. The molecule has 0 aliphatic rings. The Labute approximate surface area is 122 Å². The molecule has 0 saturated carbocycles. The number of ether oxygens (including phenoxy) is 1. The van der Waals surface area contributed by atoms with Crippen LogP contribution in [0.15, 0.2) is 30.3 Å². The first kappa shape index (κ1) is 16.7. The summed E-state index contributed by atoms with van der Waals surface area (Å²) in [7, 11) is 4.12. The third kappa shape index (κ3) is 7.26. The molecule has 0 amide bonds. The number of hydrogen-bond donors (Lipinski definition) is 1. The van der Waals surface area contributed by atoms with Gasteiger partial charge in [-0.1, -0.05) is 37.3 Å². The van der Waals surface area contributed by atoms with Gasteiger partial charge >= 0.3 is 5.97 Å². The third-order valence-corrected chi connectivity index (χ3v) is 3.04. The first-order valence-corrected chi connectivity index (χ1v) is 7.15. The molecule has 1 aromatic carbocycles. The van der Waals surface area contributed by atoms with Gasteiger partial charge in [0.05, 0.1) is 5.92 Å². The molecule has 1 N–H and O–H groups in total. The zero-order valence-corrected chi connectivity index (χ0v) is 12.8. The smallest absolute Gasteiger partial charge is 0.310 e. The van der Waals surface area contributed by atoms with Gasteiger partial charge < -0.3 is 15.0 Å². The van der Waals surface area contributed by atoms with Crippen molar-refractivity contribution in [2.24, 2.45) is 5.92 Å². The molecule has 0 aliphatic heterocycles. The SMILES string of the molecule is CC(CNCCCN(C)C)C(=O)OCc1ccccc1. The lowest BCUT2D eigenvalue weighted by Gasteiger charge is -2.13. The van der Waals surface area contributed by atoms with Gasteiger partial charge in [-0.15, -0.1) is 0 Å². The zero-order chi connectivity index (χ0) is 14.8. The van der Waals surface area contributed by atoms with Crippen LogP contribution in [0.5, 0.6) is 0 Å². The maximum atomic E-state index is 11.8. The van der Waals surface area contributed by atoms with Crippen molar-refractivity contribution < 1.29 is 9.53 Å². The Balaban J connectivity index is 2.13. The highest BCUT2D eigenvalue weighted by Gasteiger charge is 2.13. The second-order valence-electron chi connectivity index (χ2n) is 5.36. The van der Waals surface area contributed by atoms with Crippen LogP contribution in [0.3, 0.4) is 0 Å². The van der Waals surface area contributed by atoms with E-state index < -0.39 is 0 Å². The van der Waals surface area contributed by atoms with Crippen LogP contribution in [0, 0.1) is 5.92 Å². The van der Waals surface area contributed by atoms with E-state index >= 15 is 0 Å². The van der Waals surface area contributed by atoms with Crippen molar-refractivity contribution in [2.75, 3.05) is 33.7 Å². The summed E-state index contributed by atoms with van der Waals surface area (Å²) in [6.07, 6.45) is 1.08. The van der Waals surface area contributed by atoms with E-state index in [1.165, 1.54) is 0 Å². The van der Waals surface area contributed by atoms with Crippen LogP contribution < -0.4 is 5.32 Å². The number of esters is 1. The van der Waals surface area contributed by atoms with Crippen molar-refractivity contribution in [3.63, 3.8) is 0 Å². The number of carbonyl (C=O) groups is 1. The van der Waals surface area contributed by atoms with Gasteiger partial charge in [0.15, 0.2) is 0 Å². The first-order chi connectivity index (χ1) is 9.59. The lowest BCUT2D eigenvalue weighted by Crippen LogP contribution is -2.29. The summed E-state index contributed by atoms with van der Waals surface area (Å²) < 4.78 is 5.30. The van der Waals surface area contributed by atoms with Crippen LogP contribution in [0.2, 0.25) is 0 Å². The number of rotatable bonds is 9. The van der Waals surface area contributed by atoms with Gasteiger partial charge in [0.1, 0.15) is 6.61 Å². The number of nitrogens with zero attached hydrogens (tertiary/aromatic N) is 1. The van der Waals surface area contributed by atoms with Crippen LogP contribution in [-0.4, -0.2) is 44.6 Å². The van der Waals surface area contributed by atoms with Crippen molar-refractivity contribution in [1.82, 2.24) is 10.2 Å². The minimum atomic E-state index is -0.144. The largest absolute Gasteiger partial charge is 0.461 e. The molecule has 4 heteroatoms. The van der Waals surface area contributed by atoms with Gasteiger partial charge in [-0.3, -0.25) is 4.79 Å². The molecule has 0 heterocycles. The summed E-state index contributed by atoms with van der Waals surface area (Å²) in [5, 5.41) is 3.29. The molecular formula is C16H26N2O2. The Morgan fingerprint density at radius 3 is 2.65 bits per heavy atom. The Morgan fingerprint density at radius 2 is 2.00 bits per heavy atom. The second-order valence-corrected chi connectivity index (χ2v) is 5.36. The molecule has 4 nitrogen and oxygen atoms in total. The summed E-state index contributed by atoms with van der Waals surface area (Å²) in [6.45, 7) is 4.90. The predicted octanol–water partition coefficient (Wildman–Crippen LogP) is 1.91. The second kappa shape index (κ2) is 9.50. The van der Waals surface area contributed by atoms with E-state index in [1.54, 1.807) is 0 Å². The third-order valence-electron chi connectivity index (χ3n) is 3.04. The molecule has 0 aliphatic carbocycles. The van der Waals surface area contributed by atoms with Gasteiger partial charge in [0.25, 0.3) is 0 Å². The summed E-state index contributed by atoms with van der Waals surface area (Å²) in [6, 6.07) is 9.75. The Bertz CT molecular complexity index is 379. The lowest BCUT2D eigenvalue weighted by molar-refractivity contribution is -0.149. The minimum absolute atomic E-state index is 0.113. The average molecular weight is 278 g/mol. The van der Waals surface area contributed by atoms with Crippen LogP contribution in [0.4, 0.5) is 0 Å². The van der Waals surface area contributed by atoms with Crippen molar-refractivity contribution in [2.45, 2.75) is 20.0 Å². The Morgan fingerprint density at radius 1 is 1.30 bits per heavy atom. The quantitative estimate of drug-likeness (QED) is 0.553. The van der Waals surface area contributed by atoms with Gasteiger partial charge in [-0.2, -0.15) is 0 Å². The molecule has 0 saturated heterocycles. The Hall–Kier alpha value is -1.39. The molecule has 1 aromatic rings. The zero-order valence-electron chi connectivity index (χ0n) is 12.8. The van der Waals surface area contributed by atoms with Gasteiger partial charge in [-0.25, -0.2) is 0 Å². The fraction of sp³-hybridized carbons (Fsp3) is 0.562. The summed E-state index contributed by atoms with van der Waals surface area (Å²) >= 11 is 0. The number of hydrogen-bond acceptors (Lipinski definition) is 4. The molecule has 0 aromatic heterocycles. The highest BCUT2D eigenvalue weighted by atomic mass is 16.5. The van der Waals surface area contributed by atoms with E-state index in [9.17, 15) is 4.79 Å². The molecule has 0 bridgehead atoms. The van der Waals surface area contributed by atoms with E-state index in [2.05, 4.69) is 24.3 Å². The highest BCUT2D eigenvalue weighted by Crippen LogP contribution is 2.04. The van der Waals surface area contributed by atoms with Crippen LogP contribution in [-0.2, 0) is 16.1 Å². The molecule has 20 heavy (non-hydrogen) atoms. The lowest BCUT2D eigenvalue weighted by atomic mass is 10.2. The molecule has 1 rings (SSSR count). The van der Waals surface area contributed by atoms with Crippen LogP contribution >= 0.6 is 0 Å². The molecule has 1 atom stereocenters. The molecule has 0 radical (unpaired) electrons. The topological polar surface area (TPSA) is 41.6 Å². The monoisotopic (exact) mass is 278 g/mol. The normalized spacial score (nSPS) is 12.4.